The molecule has 0 bridgehead atoms. The lowest BCUT2D eigenvalue weighted by Crippen LogP contribution is -2.34. The Kier molecular flexibility index (Phi) is 2.54. The van der Waals surface area contributed by atoms with Crippen molar-refractivity contribution in [2.75, 3.05) is 6.54 Å². The van der Waals surface area contributed by atoms with E-state index in [1.54, 1.807) is 0 Å². The number of carboxylic acid groups (broad SMARTS) is 1. The number of carbonyl (C=O) groups is 1. The van der Waals surface area contributed by atoms with Gasteiger partial charge in [-0.2, -0.15) is 0 Å². The molecule has 2 aliphatic rings. The Balaban J connectivity index is 1.70. The lowest BCUT2D eigenvalue weighted by molar-refractivity contribution is -0.138. The van der Waals surface area contributed by atoms with Crippen LogP contribution in [0.3, 0.4) is 0 Å². The summed E-state index contributed by atoms with van der Waals surface area (Å²) in [6.07, 6.45) is 5.82. The van der Waals surface area contributed by atoms with Gasteiger partial charge in [0.25, 0.3) is 0 Å². The van der Waals surface area contributed by atoms with Gasteiger partial charge in [-0.3, -0.25) is 4.79 Å². The van der Waals surface area contributed by atoms with E-state index in [2.05, 4.69) is 5.32 Å². The maximum atomic E-state index is 10.6. The third kappa shape index (κ3) is 2.21. The number of nitrogens with one attached hydrogen (secondary N) is 1. The van der Waals surface area contributed by atoms with Crippen LogP contribution in [0.4, 0.5) is 0 Å². The Morgan fingerprint density at radius 1 is 1.46 bits per heavy atom. The van der Waals surface area contributed by atoms with Crippen molar-refractivity contribution >= 4 is 5.97 Å². The van der Waals surface area contributed by atoms with E-state index in [9.17, 15) is 4.79 Å². The number of piperidine rings is 1. The average molecular weight is 183 g/mol. The SMILES string of the molecule is O=C(O)[C@@H]1C[C@H]1CC1CCCCN1. The first-order valence-electron chi connectivity index (χ1n) is 5.23. The minimum atomic E-state index is -0.596. The van der Waals surface area contributed by atoms with Gasteiger partial charge in [-0.05, 0) is 38.1 Å². The minimum absolute atomic E-state index is 0.0243. The summed E-state index contributed by atoms with van der Waals surface area (Å²) in [5.74, 6) is -0.155. The van der Waals surface area contributed by atoms with Gasteiger partial charge in [0, 0.05) is 6.04 Å². The number of carboxylic acids is 1. The molecule has 2 fully saturated rings. The third-order valence-electron chi connectivity index (χ3n) is 3.24. The van der Waals surface area contributed by atoms with E-state index in [0.717, 1.165) is 19.4 Å². The fraction of sp³-hybridized carbons (Fsp3) is 0.900. The summed E-state index contributed by atoms with van der Waals surface area (Å²) in [6.45, 7) is 1.12. The molecule has 74 valence electrons. The molecule has 0 amide bonds. The lowest BCUT2D eigenvalue weighted by Gasteiger charge is -2.23. The number of aliphatic carboxylic acids is 1. The summed E-state index contributed by atoms with van der Waals surface area (Å²) in [4.78, 5) is 10.6. The van der Waals surface area contributed by atoms with Gasteiger partial charge < -0.3 is 10.4 Å². The van der Waals surface area contributed by atoms with E-state index in [0.29, 0.717) is 12.0 Å². The Labute approximate surface area is 78.5 Å². The molecule has 1 aliphatic carbocycles. The quantitative estimate of drug-likeness (QED) is 0.692. The Morgan fingerprint density at radius 2 is 2.31 bits per heavy atom. The maximum absolute atomic E-state index is 10.6. The molecule has 1 saturated heterocycles. The van der Waals surface area contributed by atoms with E-state index < -0.39 is 5.97 Å². The van der Waals surface area contributed by atoms with Crippen LogP contribution >= 0.6 is 0 Å². The van der Waals surface area contributed by atoms with Gasteiger partial charge >= 0.3 is 5.97 Å². The summed E-state index contributed by atoms with van der Waals surface area (Å²) in [5.41, 5.74) is 0. The highest BCUT2D eigenvalue weighted by molar-refractivity contribution is 5.73. The monoisotopic (exact) mass is 183 g/mol. The highest BCUT2D eigenvalue weighted by Crippen LogP contribution is 2.42. The van der Waals surface area contributed by atoms with E-state index >= 15 is 0 Å². The molecule has 0 radical (unpaired) electrons. The van der Waals surface area contributed by atoms with Gasteiger partial charge in [0.05, 0.1) is 5.92 Å². The second kappa shape index (κ2) is 3.66. The van der Waals surface area contributed by atoms with Crippen molar-refractivity contribution in [3.63, 3.8) is 0 Å². The van der Waals surface area contributed by atoms with Gasteiger partial charge in [0.2, 0.25) is 0 Å². The number of hydrogen-bond donors (Lipinski definition) is 2. The fourth-order valence-electron chi connectivity index (χ4n) is 2.30. The van der Waals surface area contributed by atoms with Gasteiger partial charge in [0.1, 0.15) is 0 Å². The second-order valence-corrected chi connectivity index (χ2v) is 4.32. The average Bonchev–Trinajstić information content (AvgIpc) is 2.86. The van der Waals surface area contributed by atoms with Gasteiger partial charge in [-0.15, -0.1) is 0 Å². The standard InChI is InChI=1S/C10H17NO2/c12-10(13)9-6-7(9)5-8-3-1-2-4-11-8/h7-9,11H,1-6H2,(H,12,13)/t7-,8?,9-/m1/s1. The van der Waals surface area contributed by atoms with Crippen molar-refractivity contribution in [1.82, 2.24) is 5.32 Å². The van der Waals surface area contributed by atoms with Gasteiger partial charge in [-0.1, -0.05) is 6.42 Å². The molecule has 0 aromatic carbocycles. The van der Waals surface area contributed by atoms with Crippen LogP contribution < -0.4 is 5.32 Å². The molecular weight excluding hydrogens is 166 g/mol. The van der Waals surface area contributed by atoms with E-state index in [-0.39, 0.29) is 5.92 Å². The van der Waals surface area contributed by atoms with E-state index in [1.807, 2.05) is 0 Å². The van der Waals surface area contributed by atoms with Crippen molar-refractivity contribution in [3.05, 3.63) is 0 Å². The topological polar surface area (TPSA) is 49.3 Å². The molecule has 0 aromatic heterocycles. The van der Waals surface area contributed by atoms with Crippen molar-refractivity contribution in [2.24, 2.45) is 11.8 Å². The highest BCUT2D eigenvalue weighted by Gasteiger charge is 2.43. The molecule has 2 rings (SSSR count). The predicted molar refractivity (Wildman–Crippen MR) is 49.5 cm³/mol. The summed E-state index contributed by atoms with van der Waals surface area (Å²) >= 11 is 0. The Morgan fingerprint density at radius 3 is 2.85 bits per heavy atom. The molecule has 3 atom stereocenters. The first-order valence-corrected chi connectivity index (χ1v) is 5.23. The number of rotatable bonds is 3. The molecule has 2 N–H and O–H groups in total. The van der Waals surface area contributed by atoms with E-state index in [1.165, 1.54) is 19.3 Å². The molecule has 0 aromatic rings. The summed E-state index contributed by atoms with van der Waals surface area (Å²) in [5, 5.41) is 12.2. The summed E-state index contributed by atoms with van der Waals surface area (Å²) in [6, 6.07) is 0.600. The van der Waals surface area contributed by atoms with E-state index in [4.69, 9.17) is 5.11 Å². The van der Waals surface area contributed by atoms with Gasteiger partial charge in [-0.25, -0.2) is 0 Å². The molecule has 1 saturated carbocycles. The van der Waals surface area contributed by atoms with Crippen molar-refractivity contribution in [1.29, 1.82) is 0 Å². The molecule has 3 nitrogen and oxygen atoms in total. The summed E-state index contributed by atoms with van der Waals surface area (Å²) < 4.78 is 0. The van der Waals surface area contributed by atoms with Crippen LogP contribution in [0.15, 0.2) is 0 Å². The van der Waals surface area contributed by atoms with Crippen LogP contribution in [0.1, 0.15) is 32.1 Å². The first kappa shape index (κ1) is 9.00. The molecule has 13 heavy (non-hydrogen) atoms. The zero-order valence-corrected chi connectivity index (χ0v) is 7.83. The molecule has 1 unspecified atom stereocenters. The Hall–Kier alpha value is -0.570. The van der Waals surface area contributed by atoms with Gasteiger partial charge in [0.15, 0.2) is 0 Å². The Bertz CT molecular complexity index is 199. The molecule has 1 aliphatic heterocycles. The van der Waals surface area contributed by atoms with Crippen molar-refractivity contribution in [3.8, 4) is 0 Å². The van der Waals surface area contributed by atoms with Crippen LogP contribution in [-0.4, -0.2) is 23.7 Å². The largest absolute Gasteiger partial charge is 0.481 e. The summed E-state index contributed by atoms with van der Waals surface area (Å²) in [7, 11) is 0. The van der Waals surface area contributed by atoms with Crippen LogP contribution in [0.2, 0.25) is 0 Å². The highest BCUT2D eigenvalue weighted by atomic mass is 16.4. The smallest absolute Gasteiger partial charge is 0.306 e. The van der Waals surface area contributed by atoms with Crippen molar-refractivity contribution < 1.29 is 9.90 Å². The number of hydrogen-bond acceptors (Lipinski definition) is 2. The van der Waals surface area contributed by atoms with Crippen LogP contribution in [-0.2, 0) is 4.79 Å². The van der Waals surface area contributed by atoms with Crippen molar-refractivity contribution in [2.45, 2.75) is 38.1 Å². The minimum Gasteiger partial charge on any atom is -0.481 e. The molecule has 0 spiro atoms. The predicted octanol–water partition coefficient (Wildman–Crippen LogP) is 1.24. The zero-order valence-electron chi connectivity index (χ0n) is 7.83. The van der Waals surface area contributed by atoms with Crippen LogP contribution in [0.25, 0.3) is 0 Å². The first-order chi connectivity index (χ1) is 6.27. The zero-order chi connectivity index (χ0) is 9.26. The van der Waals surface area contributed by atoms with Crippen LogP contribution in [0, 0.1) is 11.8 Å². The maximum Gasteiger partial charge on any atom is 0.306 e. The molecule has 3 heteroatoms. The second-order valence-electron chi connectivity index (χ2n) is 4.32. The fourth-order valence-corrected chi connectivity index (χ4v) is 2.30. The van der Waals surface area contributed by atoms with Crippen LogP contribution in [0.5, 0.6) is 0 Å². The third-order valence-corrected chi connectivity index (χ3v) is 3.24. The molecular formula is C10H17NO2. The molecule has 1 heterocycles. The normalized spacial score (nSPS) is 38.6. The lowest BCUT2D eigenvalue weighted by atomic mass is 9.99.